The smallest absolute Gasteiger partial charge is 0.246 e. The van der Waals surface area contributed by atoms with Crippen LogP contribution in [0.2, 0.25) is 0 Å². The highest BCUT2D eigenvalue weighted by molar-refractivity contribution is 7.89. The maximum atomic E-state index is 14.0. The zero-order chi connectivity index (χ0) is 20.8. The fourth-order valence-electron chi connectivity index (χ4n) is 3.66. The van der Waals surface area contributed by atoms with E-state index in [9.17, 15) is 21.2 Å². The van der Waals surface area contributed by atoms with E-state index in [1.807, 2.05) is 6.92 Å². The molecule has 0 amide bonds. The quantitative estimate of drug-likeness (QED) is 0.721. The molecule has 156 valence electrons. The Morgan fingerprint density at radius 2 is 1.34 bits per heavy atom. The highest BCUT2D eigenvalue weighted by Gasteiger charge is 2.43. The molecule has 0 saturated carbocycles. The average molecular weight is 441 g/mol. The first kappa shape index (κ1) is 20.4. The average Bonchev–Trinajstić information content (AvgIpc) is 2.67. The molecule has 2 aliphatic rings. The van der Waals surface area contributed by atoms with E-state index in [1.165, 1.54) is 26.8 Å². The van der Waals surface area contributed by atoms with E-state index >= 15 is 0 Å². The molecule has 4 rings (SSSR count). The third-order valence-electron chi connectivity index (χ3n) is 5.13. The summed E-state index contributed by atoms with van der Waals surface area (Å²) in [5.74, 6) is -0.812. The molecule has 2 aromatic carbocycles. The summed E-state index contributed by atoms with van der Waals surface area (Å²) in [7, 11) is -7.74. The Hall–Kier alpha value is -1.85. The first-order valence-corrected chi connectivity index (χ1v) is 12.0. The molecule has 0 aliphatic carbocycles. The van der Waals surface area contributed by atoms with Gasteiger partial charge < -0.3 is 4.74 Å². The monoisotopic (exact) mass is 440 g/mol. The van der Waals surface area contributed by atoms with E-state index in [0.29, 0.717) is 0 Å². The molecule has 2 heterocycles. The summed E-state index contributed by atoms with van der Waals surface area (Å²) in [4.78, 5) is -0.192. The minimum absolute atomic E-state index is 0.0346. The molecule has 2 aromatic rings. The van der Waals surface area contributed by atoms with Gasteiger partial charge >= 0.3 is 0 Å². The van der Waals surface area contributed by atoms with Crippen molar-refractivity contribution in [2.45, 2.75) is 28.9 Å². The molecule has 2 saturated heterocycles. The van der Waals surface area contributed by atoms with Crippen molar-refractivity contribution < 1.29 is 26.0 Å². The second kappa shape index (κ2) is 7.44. The van der Waals surface area contributed by atoms with Gasteiger partial charge in [-0.05, 0) is 31.2 Å². The van der Waals surface area contributed by atoms with Crippen LogP contribution < -0.4 is 0 Å². The highest BCUT2D eigenvalue weighted by Crippen LogP contribution is 2.28. The van der Waals surface area contributed by atoms with Gasteiger partial charge in [0, 0.05) is 26.2 Å². The minimum Gasteiger partial charge on any atom is -0.369 e. The summed E-state index contributed by atoms with van der Waals surface area (Å²) in [6.45, 7) is 1.88. The van der Waals surface area contributed by atoms with Crippen LogP contribution in [0.15, 0.2) is 58.3 Å². The predicted octanol–water partition coefficient (Wildman–Crippen LogP) is 1.60. The van der Waals surface area contributed by atoms with Crippen LogP contribution in [-0.2, 0) is 24.8 Å². The van der Waals surface area contributed by atoms with Gasteiger partial charge in [-0.2, -0.15) is 8.61 Å². The summed E-state index contributed by atoms with van der Waals surface area (Å²) in [5.41, 5.74) is 0.955. The molecule has 0 spiro atoms. The summed E-state index contributed by atoms with van der Waals surface area (Å²) in [6, 6.07) is 11.8. The summed E-state index contributed by atoms with van der Waals surface area (Å²) >= 11 is 0. The number of sulfonamides is 2. The van der Waals surface area contributed by atoms with Crippen molar-refractivity contribution in [1.82, 2.24) is 8.61 Å². The van der Waals surface area contributed by atoms with Gasteiger partial charge in [0.25, 0.3) is 0 Å². The SMILES string of the molecule is Cc1ccc(S(=O)(=O)N2CC3CN(S(=O)(=O)c4ccccc4F)CC(C2)O3)cc1. The number of ether oxygens (including phenoxy) is 1. The highest BCUT2D eigenvalue weighted by atomic mass is 32.2. The van der Waals surface area contributed by atoms with Crippen LogP contribution in [0, 0.1) is 12.7 Å². The normalized spacial score (nSPS) is 23.8. The van der Waals surface area contributed by atoms with E-state index in [2.05, 4.69) is 0 Å². The third-order valence-corrected chi connectivity index (χ3v) is 8.84. The predicted molar refractivity (Wildman–Crippen MR) is 104 cm³/mol. The molecule has 2 unspecified atom stereocenters. The molecular weight excluding hydrogens is 419 g/mol. The van der Waals surface area contributed by atoms with Crippen LogP contribution >= 0.6 is 0 Å². The van der Waals surface area contributed by atoms with E-state index in [1.54, 1.807) is 24.3 Å². The molecule has 2 atom stereocenters. The Bertz CT molecular complexity index is 1110. The number of rotatable bonds is 4. The van der Waals surface area contributed by atoms with Crippen molar-refractivity contribution in [2.24, 2.45) is 0 Å². The zero-order valence-electron chi connectivity index (χ0n) is 15.7. The Balaban J connectivity index is 1.55. The number of nitrogens with zero attached hydrogens (tertiary/aromatic N) is 2. The van der Waals surface area contributed by atoms with Crippen molar-refractivity contribution >= 4 is 20.0 Å². The van der Waals surface area contributed by atoms with Gasteiger partial charge in [0.1, 0.15) is 10.7 Å². The summed E-state index contributed by atoms with van der Waals surface area (Å²) < 4.78 is 74.0. The van der Waals surface area contributed by atoms with Gasteiger partial charge in [-0.15, -0.1) is 0 Å². The van der Waals surface area contributed by atoms with Crippen LogP contribution in [0.25, 0.3) is 0 Å². The number of aryl methyl sites for hydroxylation is 1. The molecule has 2 fully saturated rings. The number of fused-ring (bicyclic) bond motifs is 2. The zero-order valence-corrected chi connectivity index (χ0v) is 17.4. The number of benzene rings is 2. The second-order valence-corrected chi connectivity index (χ2v) is 11.1. The van der Waals surface area contributed by atoms with Crippen molar-refractivity contribution in [2.75, 3.05) is 26.2 Å². The van der Waals surface area contributed by atoms with Crippen LogP contribution in [0.3, 0.4) is 0 Å². The van der Waals surface area contributed by atoms with Crippen LogP contribution in [-0.4, -0.2) is 63.8 Å². The van der Waals surface area contributed by atoms with Crippen LogP contribution in [0.1, 0.15) is 5.56 Å². The fraction of sp³-hybridized carbons (Fsp3) is 0.368. The molecule has 2 aliphatic heterocycles. The van der Waals surface area contributed by atoms with Crippen molar-refractivity contribution in [3.05, 3.63) is 59.9 Å². The van der Waals surface area contributed by atoms with Gasteiger partial charge in [0.2, 0.25) is 20.0 Å². The third kappa shape index (κ3) is 3.82. The molecule has 7 nitrogen and oxygen atoms in total. The lowest BCUT2D eigenvalue weighted by Crippen LogP contribution is -2.61. The first-order valence-electron chi connectivity index (χ1n) is 9.15. The second-order valence-electron chi connectivity index (χ2n) is 7.27. The Kier molecular flexibility index (Phi) is 5.24. The lowest BCUT2D eigenvalue weighted by molar-refractivity contribution is -0.104. The fourth-order valence-corrected chi connectivity index (χ4v) is 6.73. The summed E-state index contributed by atoms with van der Waals surface area (Å²) in [5, 5.41) is 0. The minimum atomic E-state index is -4.03. The molecule has 2 bridgehead atoms. The molecule has 0 aromatic heterocycles. The Morgan fingerprint density at radius 1 is 0.828 bits per heavy atom. The van der Waals surface area contributed by atoms with Gasteiger partial charge in [0.15, 0.2) is 0 Å². The standard InChI is InChI=1S/C19H21FN2O5S2/c1-14-6-8-17(9-7-14)28(23,24)21-10-15-12-22(13-16(11-21)27-15)29(25,26)19-5-3-2-4-18(19)20/h2-9,15-16H,10-13H2,1H3. The maximum absolute atomic E-state index is 14.0. The molecular formula is C19H21FN2O5S2. The topological polar surface area (TPSA) is 84.0 Å². The van der Waals surface area contributed by atoms with E-state index < -0.39 is 38.1 Å². The van der Waals surface area contributed by atoms with Crippen molar-refractivity contribution in [3.63, 3.8) is 0 Å². The molecule has 10 heteroatoms. The molecule has 0 radical (unpaired) electrons. The number of hydrogen-bond donors (Lipinski definition) is 0. The van der Waals surface area contributed by atoms with Crippen molar-refractivity contribution in [1.29, 1.82) is 0 Å². The lowest BCUT2D eigenvalue weighted by Gasteiger charge is -2.44. The lowest BCUT2D eigenvalue weighted by atomic mass is 10.2. The maximum Gasteiger partial charge on any atom is 0.246 e. The van der Waals surface area contributed by atoms with Crippen LogP contribution in [0.5, 0.6) is 0 Å². The van der Waals surface area contributed by atoms with Gasteiger partial charge in [-0.3, -0.25) is 0 Å². The van der Waals surface area contributed by atoms with E-state index in [4.69, 9.17) is 4.74 Å². The molecule has 0 N–H and O–H groups in total. The Morgan fingerprint density at radius 3 is 1.90 bits per heavy atom. The number of halogens is 1. The number of morpholine rings is 2. The Labute approximate surface area is 169 Å². The van der Waals surface area contributed by atoms with Gasteiger partial charge in [-0.25, -0.2) is 21.2 Å². The summed E-state index contributed by atoms with van der Waals surface area (Å²) in [6.07, 6.45) is -1.24. The van der Waals surface area contributed by atoms with Crippen LogP contribution in [0.4, 0.5) is 4.39 Å². The number of hydrogen-bond acceptors (Lipinski definition) is 5. The largest absolute Gasteiger partial charge is 0.369 e. The van der Waals surface area contributed by atoms with Gasteiger partial charge in [0.05, 0.1) is 17.1 Å². The molecule has 29 heavy (non-hydrogen) atoms. The van der Waals surface area contributed by atoms with E-state index in [0.717, 1.165) is 11.6 Å². The van der Waals surface area contributed by atoms with Gasteiger partial charge in [-0.1, -0.05) is 29.8 Å². The first-order chi connectivity index (χ1) is 13.7. The van der Waals surface area contributed by atoms with E-state index in [-0.39, 0.29) is 36.0 Å². The van der Waals surface area contributed by atoms with Crippen molar-refractivity contribution in [3.8, 4) is 0 Å².